The van der Waals surface area contributed by atoms with E-state index in [0.29, 0.717) is 5.04 Å². The molecule has 1 heterocycles. The van der Waals surface area contributed by atoms with E-state index in [0.717, 1.165) is 37.4 Å². The molecule has 0 aromatic carbocycles. The van der Waals surface area contributed by atoms with Crippen LogP contribution in [-0.4, -0.2) is 35.4 Å². The molecule has 4 nitrogen and oxygen atoms in total. The van der Waals surface area contributed by atoms with Crippen LogP contribution in [0.25, 0.3) is 0 Å². The Kier molecular flexibility index (Phi) is 6.80. The largest absolute Gasteiger partial charge is 0.330 e. The van der Waals surface area contributed by atoms with Crippen molar-refractivity contribution in [2.75, 3.05) is 25.4 Å². The van der Waals surface area contributed by atoms with Gasteiger partial charge in [-0.1, -0.05) is 0 Å². The summed E-state index contributed by atoms with van der Waals surface area (Å²) in [7, 11) is 0. The van der Waals surface area contributed by atoms with Gasteiger partial charge in [-0.15, -0.1) is 11.8 Å². The zero-order chi connectivity index (χ0) is 11.6. The van der Waals surface area contributed by atoms with Crippen LogP contribution >= 0.6 is 11.8 Å². The zero-order valence-corrected chi connectivity index (χ0v) is 10.1. The van der Waals surface area contributed by atoms with Gasteiger partial charge in [-0.3, -0.25) is 10.4 Å². The highest BCUT2D eigenvalue weighted by Gasteiger charge is 2.00. The maximum absolute atomic E-state index is 7.82. The molecule has 0 bridgehead atoms. The van der Waals surface area contributed by atoms with Gasteiger partial charge >= 0.3 is 0 Å². The maximum Gasteiger partial charge on any atom is 0.0958 e. The van der Waals surface area contributed by atoms with Gasteiger partial charge in [-0.2, -0.15) is 0 Å². The molecule has 0 spiro atoms. The van der Waals surface area contributed by atoms with Crippen molar-refractivity contribution in [2.24, 2.45) is 5.73 Å². The van der Waals surface area contributed by atoms with Gasteiger partial charge in [0.1, 0.15) is 0 Å². The van der Waals surface area contributed by atoms with E-state index in [1.54, 1.807) is 12.4 Å². The molecular weight excluding hydrogens is 220 g/mol. The van der Waals surface area contributed by atoms with Gasteiger partial charge < -0.3 is 11.1 Å². The third-order valence-electron chi connectivity index (χ3n) is 2.01. The van der Waals surface area contributed by atoms with Crippen LogP contribution in [0.4, 0.5) is 0 Å². The number of pyridine rings is 1. The van der Waals surface area contributed by atoms with E-state index in [-0.39, 0.29) is 0 Å². The Bertz CT molecular complexity index is 302. The van der Waals surface area contributed by atoms with Gasteiger partial charge in [0, 0.05) is 30.3 Å². The van der Waals surface area contributed by atoms with Gasteiger partial charge in [0.05, 0.1) is 5.04 Å². The molecule has 1 rings (SSSR count). The SMILES string of the molecule is N=C(SCCNCCCN)c1cccnc1. The molecule has 5 heteroatoms. The Morgan fingerprint density at radius 1 is 1.50 bits per heavy atom. The molecule has 4 N–H and O–H groups in total. The van der Waals surface area contributed by atoms with Crippen LogP contribution in [-0.2, 0) is 0 Å². The van der Waals surface area contributed by atoms with Gasteiger partial charge in [0.25, 0.3) is 0 Å². The zero-order valence-electron chi connectivity index (χ0n) is 9.28. The average molecular weight is 238 g/mol. The molecule has 1 aromatic heterocycles. The van der Waals surface area contributed by atoms with Crippen LogP contribution in [0.1, 0.15) is 12.0 Å². The second-order valence-electron chi connectivity index (χ2n) is 3.31. The number of hydrogen-bond donors (Lipinski definition) is 3. The minimum Gasteiger partial charge on any atom is -0.330 e. The fourth-order valence-electron chi connectivity index (χ4n) is 1.16. The monoisotopic (exact) mass is 238 g/mol. The van der Waals surface area contributed by atoms with Crippen molar-refractivity contribution in [1.82, 2.24) is 10.3 Å². The van der Waals surface area contributed by atoms with Crippen molar-refractivity contribution in [1.29, 1.82) is 5.41 Å². The summed E-state index contributed by atoms with van der Waals surface area (Å²) >= 11 is 1.54. The third kappa shape index (κ3) is 5.25. The summed E-state index contributed by atoms with van der Waals surface area (Å²) in [6.45, 7) is 2.59. The van der Waals surface area contributed by atoms with Crippen molar-refractivity contribution < 1.29 is 0 Å². The molecule has 0 fully saturated rings. The number of nitrogens with two attached hydrogens (primary N) is 1. The number of nitrogens with one attached hydrogen (secondary N) is 2. The first-order chi connectivity index (χ1) is 7.84. The molecule has 1 aromatic rings. The minimum atomic E-state index is 0.578. The van der Waals surface area contributed by atoms with Gasteiger partial charge in [0.2, 0.25) is 0 Å². The lowest BCUT2D eigenvalue weighted by Crippen LogP contribution is -2.21. The summed E-state index contributed by atoms with van der Waals surface area (Å²) in [6.07, 6.45) is 4.44. The van der Waals surface area contributed by atoms with Crippen molar-refractivity contribution in [3.8, 4) is 0 Å². The highest BCUT2D eigenvalue weighted by molar-refractivity contribution is 8.14. The summed E-state index contributed by atoms with van der Waals surface area (Å²) < 4.78 is 0. The molecule has 0 aliphatic carbocycles. The van der Waals surface area contributed by atoms with Crippen LogP contribution in [0.15, 0.2) is 24.5 Å². The number of hydrogen-bond acceptors (Lipinski definition) is 5. The quantitative estimate of drug-likeness (QED) is 0.377. The molecule has 0 radical (unpaired) electrons. The highest BCUT2D eigenvalue weighted by Crippen LogP contribution is 2.09. The van der Waals surface area contributed by atoms with Crippen molar-refractivity contribution in [3.05, 3.63) is 30.1 Å². The summed E-state index contributed by atoms with van der Waals surface area (Å²) in [5.74, 6) is 0.901. The number of rotatable bonds is 7. The van der Waals surface area contributed by atoms with E-state index in [2.05, 4.69) is 10.3 Å². The van der Waals surface area contributed by atoms with Crippen molar-refractivity contribution >= 4 is 16.8 Å². The predicted molar refractivity (Wildman–Crippen MR) is 70.1 cm³/mol. The normalized spacial score (nSPS) is 10.3. The molecule has 0 saturated carbocycles. The summed E-state index contributed by atoms with van der Waals surface area (Å²) in [5.41, 5.74) is 6.26. The van der Waals surface area contributed by atoms with Crippen LogP contribution < -0.4 is 11.1 Å². The lowest BCUT2D eigenvalue weighted by molar-refractivity contribution is 0.683. The Balaban J connectivity index is 2.12. The van der Waals surface area contributed by atoms with Crippen LogP contribution in [0.3, 0.4) is 0 Å². The highest BCUT2D eigenvalue weighted by atomic mass is 32.2. The first-order valence-electron chi connectivity index (χ1n) is 5.37. The van der Waals surface area contributed by atoms with Gasteiger partial charge in [-0.05, 0) is 31.6 Å². The van der Waals surface area contributed by atoms with Crippen LogP contribution in [0, 0.1) is 5.41 Å². The third-order valence-corrected chi connectivity index (χ3v) is 2.94. The molecule has 0 amide bonds. The molecule has 88 valence electrons. The minimum absolute atomic E-state index is 0.578. The lowest BCUT2D eigenvalue weighted by atomic mass is 10.3. The number of aromatic nitrogens is 1. The molecule has 0 aliphatic rings. The molecule has 16 heavy (non-hydrogen) atoms. The van der Waals surface area contributed by atoms with E-state index >= 15 is 0 Å². The Morgan fingerprint density at radius 2 is 2.38 bits per heavy atom. The van der Waals surface area contributed by atoms with Gasteiger partial charge in [-0.25, -0.2) is 0 Å². The Morgan fingerprint density at radius 3 is 3.06 bits per heavy atom. The Hall–Kier alpha value is -0.910. The topological polar surface area (TPSA) is 74.8 Å². The fraction of sp³-hybridized carbons (Fsp3) is 0.455. The van der Waals surface area contributed by atoms with Crippen LogP contribution in [0.5, 0.6) is 0 Å². The van der Waals surface area contributed by atoms with Crippen LogP contribution in [0.2, 0.25) is 0 Å². The summed E-state index contributed by atoms with van der Waals surface area (Å²) in [4.78, 5) is 3.99. The lowest BCUT2D eigenvalue weighted by Gasteiger charge is -2.04. The van der Waals surface area contributed by atoms with Crippen molar-refractivity contribution in [3.63, 3.8) is 0 Å². The standard InChI is InChI=1S/C11H18N4S/c12-4-2-6-14-7-8-16-11(13)10-3-1-5-15-9-10/h1,3,5,9,13-14H,2,4,6-8,12H2. The van der Waals surface area contributed by atoms with E-state index in [1.807, 2.05) is 12.1 Å². The maximum atomic E-state index is 7.82. The van der Waals surface area contributed by atoms with E-state index in [9.17, 15) is 0 Å². The first-order valence-corrected chi connectivity index (χ1v) is 6.35. The second-order valence-corrected chi connectivity index (χ2v) is 4.42. The second kappa shape index (κ2) is 8.27. The first kappa shape index (κ1) is 13.2. The predicted octanol–water partition coefficient (Wildman–Crippen LogP) is 1.08. The summed E-state index contributed by atoms with van der Waals surface area (Å²) in [6, 6.07) is 3.76. The fourth-order valence-corrected chi connectivity index (χ4v) is 1.90. The van der Waals surface area contributed by atoms with Gasteiger partial charge in [0.15, 0.2) is 0 Å². The average Bonchev–Trinajstić information content (AvgIpc) is 2.34. The van der Waals surface area contributed by atoms with E-state index < -0.39 is 0 Å². The molecule has 0 aliphatic heterocycles. The number of thioether (sulfide) groups is 1. The molecule has 0 saturated heterocycles. The number of nitrogens with zero attached hydrogens (tertiary/aromatic N) is 1. The molecule has 0 atom stereocenters. The molecular formula is C11H18N4S. The smallest absolute Gasteiger partial charge is 0.0958 e. The van der Waals surface area contributed by atoms with E-state index in [4.69, 9.17) is 11.1 Å². The molecule has 0 unspecified atom stereocenters. The van der Waals surface area contributed by atoms with Crippen molar-refractivity contribution in [2.45, 2.75) is 6.42 Å². The Labute approximate surface area is 101 Å². The summed E-state index contributed by atoms with van der Waals surface area (Å²) in [5, 5.41) is 11.7. The van der Waals surface area contributed by atoms with E-state index in [1.165, 1.54) is 11.8 Å².